The van der Waals surface area contributed by atoms with Gasteiger partial charge in [0.1, 0.15) is 8.07 Å². The van der Waals surface area contributed by atoms with E-state index in [1.807, 2.05) is 12.1 Å². The van der Waals surface area contributed by atoms with Crippen molar-refractivity contribution in [2.75, 3.05) is 0 Å². The molecule has 2 aromatic rings. The summed E-state index contributed by atoms with van der Waals surface area (Å²) in [5.74, 6) is 4.18. The molecule has 0 saturated heterocycles. The van der Waals surface area contributed by atoms with Gasteiger partial charge in [0.2, 0.25) is 0 Å². The standard InChI is InChI=1S/C28H36OSi/c1-4-30(5-2,6-3)21-20-28(23-25-16-11-8-12-17-25)19-13-18-26(27(28)29)22-24-14-9-7-10-15-24/h7-12,14-17,26H,4-6,13,18-19,22-23H2,1-3H3/t26-,28-/m0/s1. The normalized spacial score (nSPS) is 21.7. The van der Waals surface area contributed by atoms with E-state index in [4.69, 9.17) is 0 Å². The maximum atomic E-state index is 14.0. The van der Waals surface area contributed by atoms with E-state index in [9.17, 15) is 4.79 Å². The monoisotopic (exact) mass is 416 g/mol. The number of carbonyl (C=O) groups excluding carboxylic acids is 1. The van der Waals surface area contributed by atoms with Crippen LogP contribution in [-0.2, 0) is 17.6 Å². The molecule has 0 unspecified atom stereocenters. The lowest BCUT2D eigenvalue weighted by Gasteiger charge is -2.37. The highest BCUT2D eigenvalue weighted by atomic mass is 28.3. The third-order valence-corrected chi connectivity index (χ3v) is 12.0. The molecule has 0 radical (unpaired) electrons. The average molecular weight is 417 g/mol. The van der Waals surface area contributed by atoms with Gasteiger partial charge in [-0.1, -0.05) is 93.8 Å². The number of Topliss-reactive ketones (excluding diaryl/α,β-unsaturated/α-hetero) is 1. The van der Waals surface area contributed by atoms with Crippen LogP contribution < -0.4 is 0 Å². The van der Waals surface area contributed by atoms with Gasteiger partial charge in [-0.25, -0.2) is 0 Å². The summed E-state index contributed by atoms with van der Waals surface area (Å²) in [6.45, 7) is 6.87. The van der Waals surface area contributed by atoms with Crippen molar-refractivity contribution in [1.29, 1.82) is 0 Å². The smallest absolute Gasteiger partial charge is 0.154 e. The molecule has 2 aromatic carbocycles. The van der Waals surface area contributed by atoms with Gasteiger partial charge in [0.05, 0.1) is 5.41 Å². The van der Waals surface area contributed by atoms with Crippen molar-refractivity contribution in [2.24, 2.45) is 11.3 Å². The average Bonchev–Trinajstić information content (AvgIpc) is 2.80. The summed E-state index contributed by atoms with van der Waals surface area (Å²) in [7, 11) is -1.60. The van der Waals surface area contributed by atoms with Crippen LogP contribution in [-0.4, -0.2) is 13.9 Å². The predicted octanol–water partition coefficient (Wildman–Crippen LogP) is 6.88. The largest absolute Gasteiger partial charge is 0.298 e. The predicted molar refractivity (Wildman–Crippen MR) is 130 cm³/mol. The minimum absolute atomic E-state index is 0.0834. The zero-order valence-electron chi connectivity index (χ0n) is 18.9. The molecule has 1 nitrogen and oxygen atoms in total. The molecule has 0 N–H and O–H groups in total. The number of hydrogen-bond donors (Lipinski definition) is 0. The van der Waals surface area contributed by atoms with Crippen molar-refractivity contribution in [1.82, 2.24) is 0 Å². The number of carbonyl (C=O) groups is 1. The van der Waals surface area contributed by atoms with Gasteiger partial charge in [-0.15, -0.1) is 5.54 Å². The molecule has 0 amide bonds. The molecule has 1 saturated carbocycles. The van der Waals surface area contributed by atoms with E-state index in [0.717, 1.165) is 32.1 Å². The van der Waals surface area contributed by atoms with Crippen LogP contribution >= 0.6 is 0 Å². The van der Waals surface area contributed by atoms with Crippen LogP contribution in [0.15, 0.2) is 60.7 Å². The maximum Gasteiger partial charge on any atom is 0.154 e. The SMILES string of the molecule is CC[Si](C#C[C@]1(Cc2ccccc2)CCC[C@@H](Cc2ccccc2)C1=O)(CC)CC. The van der Waals surface area contributed by atoms with Crippen LogP contribution in [0.2, 0.25) is 18.1 Å². The van der Waals surface area contributed by atoms with E-state index in [-0.39, 0.29) is 5.92 Å². The van der Waals surface area contributed by atoms with Crippen molar-refractivity contribution in [3.63, 3.8) is 0 Å². The Kier molecular flexibility index (Phi) is 7.73. The quantitative estimate of drug-likeness (QED) is 0.355. The third-order valence-electron chi connectivity index (χ3n) is 7.27. The second-order valence-electron chi connectivity index (χ2n) is 8.98. The van der Waals surface area contributed by atoms with Gasteiger partial charge in [0.25, 0.3) is 0 Å². The highest BCUT2D eigenvalue weighted by Crippen LogP contribution is 2.40. The number of rotatable bonds is 7. The zero-order chi connectivity index (χ0) is 21.5. The van der Waals surface area contributed by atoms with Crippen molar-refractivity contribution in [3.8, 4) is 11.5 Å². The van der Waals surface area contributed by atoms with Crippen LogP contribution in [0.1, 0.15) is 51.2 Å². The summed E-state index contributed by atoms with van der Waals surface area (Å²) in [5.41, 5.74) is 5.78. The molecule has 2 atom stereocenters. The van der Waals surface area contributed by atoms with Crippen LogP contribution in [0.25, 0.3) is 0 Å². The molecule has 0 bridgehead atoms. The Labute approximate surface area is 184 Å². The van der Waals surface area contributed by atoms with E-state index in [1.54, 1.807) is 0 Å². The first-order chi connectivity index (χ1) is 14.6. The van der Waals surface area contributed by atoms with E-state index in [0.29, 0.717) is 5.78 Å². The lowest BCUT2D eigenvalue weighted by Crippen LogP contribution is -2.42. The van der Waals surface area contributed by atoms with E-state index in [1.165, 1.54) is 29.3 Å². The van der Waals surface area contributed by atoms with E-state index < -0.39 is 13.5 Å². The lowest BCUT2D eigenvalue weighted by atomic mass is 9.65. The number of ketones is 1. The highest BCUT2D eigenvalue weighted by Gasteiger charge is 2.44. The first-order valence-electron chi connectivity index (χ1n) is 11.7. The molecule has 1 aliphatic rings. The summed E-state index contributed by atoms with van der Waals surface area (Å²) >= 11 is 0. The molecule has 2 heteroatoms. The summed E-state index contributed by atoms with van der Waals surface area (Å²) < 4.78 is 0. The Hall–Kier alpha value is -2.11. The van der Waals surface area contributed by atoms with Crippen molar-refractivity contribution < 1.29 is 4.79 Å². The van der Waals surface area contributed by atoms with Gasteiger partial charge in [-0.3, -0.25) is 4.79 Å². The Morgan fingerprint density at radius 2 is 1.47 bits per heavy atom. The first-order valence-corrected chi connectivity index (χ1v) is 14.3. The van der Waals surface area contributed by atoms with Crippen LogP contribution in [0.3, 0.4) is 0 Å². The summed E-state index contributed by atoms with van der Waals surface area (Å²) in [6, 6.07) is 24.5. The Balaban J connectivity index is 1.97. The molecule has 0 heterocycles. The molecule has 0 aromatic heterocycles. The molecule has 1 aliphatic carbocycles. The molecule has 3 rings (SSSR count). The van der Waals surface area contributed by atoms with Gasteiger partial charge in [-0.2, -0.15) is 0 Å². The summed E-state index contributed by atoms with van der Waals surface area (Å²) in [6.07, 6.45) is 4.58. The molecular formula is C28H36OSi. The van der Waals surface area contributed by atoms with Crippen molar-refractivity contribution in [3.05, 3.63) is 71.8 Å². The molecule has 30 heavy (non-hydrogen) atoms. The minimum Gasteiger partial charge on any atom is -0.298 e. The highest BCUT2D eigenvalue weighted by molar-refractivity contribution is 6.87. The fourth-order valence-corrected chi connectivity index (χ4v) is 7.48. The van der Waals surface area contributed by atoms with E-state index >= 15 is 0 Å². The van der Waals surface area contributed by atoms with Crippen LogP contribution in [0.5, 0.6) is 0 Å². The fraction of sp³-hybridized carbons (Fsp3) is 0.464. The fourth-order valence-electron chi connectivity index (χ4n) is 4.94. The van der Waals surface area contributed by atoms with Crippen LogP contribution in [0, 0.1) is 22.8 Å². The second-order valence-corrected chi connectivity index (χ2v) is 13.9. The minimum atomic E-state index is -1.60. The van der Waals surface area contributed by atoms with Gasteiger partial charge < -0.3 is 0 Å². The maximum absolute atomic E-state index is 14.0. The molecular weight excluding hydrogens is 380 g/mol. The van der Waals surface area contributed by atoms with Gasteiger partial charge in [0.15, 0.2) is 5.78 Å². The zero-order valence-corrected chi connectivity index (χ0v) is 19.9. The molecule has 158 valence electrons. The van der Waals surface area contributed by atoms with Crippen LogP contribution in [0.4, 0.5) is 0 Å². The first kappa shape index (κ1) is 22.6. The number of benzene rings is 2. The third kappa shape index (κ3) is 5.13. The molecule has 0 aliphatic heterocycles. The van der Waals surface area contributed by atoms with Crippen molar-refractivity contribution >= 4 is 13.9 Å². The second kappa shape index (κ2) is 10.3. The molecule has 1 fully saturated rings. The van der Waals surface area contributed by atoms with E-state index in [2.05, 4.69) is 80.8 Å². The van der Waals surface area contributed by atoms with Crippen molar-refractivity contribution in [2.45, 2.75) is 71.0 Å². The van der Waals surface area contributed by atoms with Gasteiger partial charge in [-0.05, 0) is 54.9 Å². The lowest BCUT2D eigenvalue weighted by molar-refractivity contribution is -0.132. The Morgan fingerprint density at radius 3 is 2.03 bits per heavy atom. The summed E-state index contributed by atoms with van der Waals surface area (Å²) in [5, 5.41) is 0. The van der Waals surface area contributed by atoms with Gasteiger partial charge >= 0.3 is 0 Å². The van der Waals surface area contributed by atoms with Gasteiger partial charge in [0, 0.05) is 5.92 Å². The Morgan fingerprint density at radius 1 is 0.900 bits per heavy atom. The summed E-state index contributed by atoms with van der Waals surface area (Å²) in [4.78, 5) is 14.0. The topological polar surface area (TPSA) is 17.1 Å². The Bertz CT molecular complexity index is 865. The number of hydrogen-bond acceptors (Lipinski definition) is 1. The molecule has 0 spiro atoms.